The van der Waals surface area contributed by atoms with Crippen molar-refractivity contribution in [1.29, 1.82) is 0 Å². The molecule has 52 heavy (non-hydrogen) atoms. The number of benzene rings is 4. The van der Waals surface area contributed by atoms with E-state index in [1.165, 1.54) is 47.9 Å². The Balaban J connectivity index is 0.00000464. The molecule has 0 radical (unpaired) electrons. The zero-order chi connectivity index (χ0) is 35.7. The Morgan fingerprint density at radius 2 is 1.50 bits per heavy atom. The van der Waals surface area contributed by atoms with Crippen LogP contribution >= 0.6 is 0 Å². The van der Waals surface area contributed by atoms with Gasteiger partial charge in [-0.25, -0.2) is 4.98 Å². The Morgan fingerprint density at radius 3 is 2.19 bits per heavy atom. The molecular formula is C46H48N4OPt. The number of aryl methyl sites for hydroxylation is 4. The van der Waals surface area contributed by atoms with Crippen molar-refractivity contribution < 1.29 is 25.8 Å². The predicted molar refractivity (Wildman–Crippen MR) is 211 cm³/mol. The van der Waals surface area contributed by atoms with Crippen molar-refractivity contribution in [1.82, 2.24) is 19.3 Å². The predicted octanol–water partition coefficient (Wildman–Crippen LogP) is 12.0. The Morgan fingerprint density at radius 1 is 0.769 bits per heavy atom. The molecule has 6 heteroatoms. The van der Waals surface area contributed by atoms with Crippen LogP contribution < -0.4 is 4.74 Å². The number of aromatic nitrogens is 4. The van der Waals surface area contributed by atoms with E-state index in [-0.39, 0.29) is 26.5 Å². The first kappa shape index (κ1) is 37.3. The minimum Gasteiger partial charge on any atom is -0.509 e. The molecule has 5 nitrogen and oxygen atoms in total. The summed E-state index contributed by atoms with van der Waals surface area (Å²) in [7, 11) is 0. The van der Waals surface area contributed by atoms with Crippen LogP contribution in [0.4, 0.5) is 0 Å². The maximum absolute atomic E-state index is 6.64. The third kappa shape index (κ3) is 7.66. The van der Waals surface area contributed by atoms with Gasteiger partial charge in [0, 0.05) is 35.0 Å². The van der Waals surface area contributed by atoms with Crippen molar-refractivity contribution in [2.45, 2.75) is 92.4 Å². The number of pyridine rings is 1. The zero-order valence-corrected chi connectivity index (χ0v) is 33.7. The molecule has 268 valence electrons. The van der Waals surface area contributed by atoms with Crippen LogP contribution in [0.5, 0.6) is 11.5 Å². The van der Waals surface area contributed by atoms with Crippen LogP contribution in [-0.2, 0) is 39.3 Å². The number of nitrogens with zero attached hydrogens (tertiary/aromatic N) is 4. The molecule has 0 saturated heterocycles. The first-order valence-electron chi connectivity index (χ1n) is 18.4. The Bertz CT molecular complexity index is 2310. The third-order valence-electron chi connectivity index (χ3n) is 9.77. The van der Waals surface area contributed by atoms with Crippen LogP contribution in [0.25, 0.3) is 44.4 Å². The second kappa shape index (κ2) is 15.6. The van der Waals surface area contributed by atoms with E-state index in [4.69, 9.17) is 14.8 Å². The normalized spacial score (nSPS) is 11.7. The Hall–Kier alpha value is -4.47. The van der Waals surface area contributed by atoms with Gasteiger partial charge in [0.25, 0.3) is 0 Å². The maximum atomic E-state index is 6.64. The van der Waals surface area contributed by atoms with E-state index in [0.29, 0.717) is 11.5 Å². The molecule has 0 amide bonds. The molecule has 0 N–H and O–H groups in total. The standard InChI is InChI=1S/C46H48N4O.Pt/c1-8-10-14-33-22-32(4)23-34(15-11-9-2)45(33)35-29-48-49(30-35)37-25-36(46(5,6)7)26-39(27-37)51-38-18-19-41-40-16-12-13-17-42(40)50(43(41)28-38)44-24-31(3)20-21-47-44;/h12-13,16-26,29-30H,8-11,14-15H2,1-7H3;/q-2;+2. The van der Waals surface area contributed by atoms with Crippen LogP contribution in [0.1, 0.15) is 88.1 Å². The van der Waals surface area contributed by atoms with Gasteiger partial charge >= 0.3 is 21.1 Å². The molecule has 0 aliphatic rings. The summed E-state index contributed by atoms with van der Waals surface area (Å²) in [4.78, 5) is 4.73. The second-order valence-electron chi connectivity index (χ2n) is 14.9. The zero-order valence-electron chi connectivity index (χ0n) is 31.4. The van der Waals surface area contributed by atoms with E-state index in [1.807, 2.05) is 29.2 Å². The monoisotopic (exact) mass is 867 g/mol. The molecule has 0 atom stereocenters. The van der Waals surface area contributed by atoms with Gasteiger partial charge in [-0.1, -0.05) is 88.9 Å². The van der Waals surface area contributed by atoms with Crippen molar-refractivity contribution >= 4 is 21.8 Å². The van der Waals surface area contributed by atoms with Crippen molar-refractivity contribution in [2.24, 2.45) is 0 Å². The summed E-state index contributed by atoms with van der Waals surface area (Å²) >= 11 is 0. The van der Waals surface area contributed by atoms with Gasteiger partial charge in [0.2, 0.25) is 0 Å². The van der Waals surface area contributed by atoms with Crippen molar-refractivity contribution in [2.75, 3.05) is 0 Å². The van der Waals surface area contributed by atoms with Gasteiger partial charge < -0.3 is 9.30 Å². The summed E-state index contributed by atoms with van der Waals surface area (Å²) < 4.78 is 10.8. The minimum absolute atomic E-state index is 0. The van der Waals surface area contributed by atoms with Crippen molar-refractivity contribution in [3.63, 3.8) is 0 Å². The van der Waals surface area contributed by atoms with Crippen LogP contribution in [0.3, 0.4) is 0 Å². The number of unbranched alkanes of at least 4 members (excludes halogenated alkanes) is 2. The SMILES string of the molecule is CCCCc1cc(C)cc(CCCC)c1-c1cnn(-c2[c-]c(Oc3[c-]c4c(cc3)c3ccccc3n4-c3cc(C)ccn3)cc(C(C)(C)C)c2)c1.[Pt+2]. The van der Waals surface area contributed by atoms with E-state index in [1.54, 1.807) is 0 Å². The first-order valence-corrected chi connectivity index (χ1v) is 18.4. The first-order chi connectivity index (χ1) is 24.6. The average Bonchev–Trinajstić information content (AvgIpc) is 3.72. The quantitative estimate of drug-likeness (QED) is 0.122. The van der Waals surface area contributed by atoms with Gasteiger partial charge in [-0.15, -0.1) is 41.3 Å². The summed E-state index contributed by atoms with van der Waals surface area (Å²) in [5, 5.41) is 7.19. The fourth-order valence-electron chi connectivity index (χ4n) is 7.10. The number of fused-ring (bicyclic) bond motifs is 3. The summed E-state index contributed by atoms with van der Waals surface area (Å²) in [5.74, 6) is 2.11. The van der Waals surface area contributed by atoms with Gasteiger partial charge in [0.05, 0.1) is 6.20 Å². The smallest absolute Gasteiger partial charge is 0.509 e. The largest absolute Gasteiger partial charge is 2.00 e. The van der Waals surface area contributed by atoms with Crippen molar-refractivity contribution in [3.8, 4) is 34.1 Å². The maximum Gasteiger partial charge on any atom is 2.00 e. The summed E-state index contributed by atoms with van der Waals surface area (Å²) in [6.07, 6.45) is 12.9. The molecule has 0 aliphatic heterocycles. The van der Waals surface area contributed by atoms with E-state index in [9.17, 15) is 0 Å². The van der Waals surface area contributed by atoms with E-state index in [0.717, 1.165) is 62.8 Å². The molecule has 3 aromatic heterocycles. The van der Waals surface area contributed by atoms with Gasteiger partial charge in [0.15, 0.2) is 0 Å². The number of hydrogen-bond donors (Lipinski definition) is 0. The Labute approximate surface area is 323 Å². The molecule has 0 bridgehead atoms. The van der Waals surface area contributed by atoms with Gasteiger partial charge in [-0.05, 0) is 96.5 Å². The number of rotatable bonds is 11. The molecule has 3 heterocycles. The van der Waals surface area contributed by atoms with Crippen LogP contribution in [0.15, 0.2) is 91.4 Å². The number of para-hydroxylation sites is 1. The molecule has 7 rings (SSSR count). The number of ether oxygens (including phenoxy) is 1. The van der Waals surface area contributed by atoms with E-state index >= 15 is 0 Å². The fraction of sp³-hybridized carbons (Fsp3) is 0.304. The molecule has 0 aliphatic carbocycles. The van der Waals surface area contributed by atoms with Crippen LogP contribution in [0, 0.1) is 26.0 Å². The molecule has 0 spiro atoms. The van der Waals surface area contributed by atoms with Crippen LogP contribution in [0.2, 0.25) is 0 Å². The second-order valence-corrected chi connectivity index (χ2v) is 14.9. The van der Waals surface area contributed by atoms with Gasteiger partial charge in [-0.2, -0.15) is 11.2 Å². The molecule has 0 unspecified atom stereocenters. The Kier molecular flexibility index (Phi) is 11.2. The average molecular weight is 868 g/mol. The topological polar surface area (TPSA) is 44.9 Å². The molecule has 4 aromatic carbocycles. The number of hydrogen-bond acceptors (Lipinski definition) is 3. The molecule has 0 fully saturated rings. The summed E-state index contributed by atoms with van der Waals surface area (Å²) in [6, 6.07) is 32.9. The molecule has 7 aromatic rings. The third-order valence-corrected chi connectivity index (χ3v) is 9.77. The molecule has 0 saturated carbocycles. The van der Waals surface area contributed by atoms with Crippen molar-refractivity contribution in [3.05, 3.63) is 131 Å². The van der Waals surface area contributed by atoms with E-state index < -0.39 is 0 Å². The van der Waals surface area contributed by atoms with Gasteiger partial charge in [0.1, 0.15) is 5.82 Å². The fourth-order valence-corrected chi connectivity index (χ4v) is 7.10. The molecular weight excluding hydrogens is 820 g/mol. The van der Waals surface area contributed by atoms with E-state index in [2.05, 4.69) is 132 Å². The summed E-state index contributed by atoms with van der Waals surface area (Å²) in [6.45, 7) is 15.5. The van der Waals surface area contributed by atoms with Gasteiger partial charge in [-0.3, -0.25) is 4.68 Å². The van der Waals surface area contributed by atoms with Crippen LogP contribution in [-0.4, -0.2) is 19.3 Å². The summed E-state index contributed by atoms with van der Waals surface area (Å²) in [5.41, 5.74) is 11.7. The minimum atomic E-state index is -0.119.